The molecule has 0 aliphatic carbocycles. The van der Waals surface area contributed by atoms with E-state index in [2.05, 4.69) is 10.3 Å². The van der Waals surface area contributed by atoms with Gasteiger partial charge in [-0.05, 0) is 35.7 Å². The number of amides is 1. The van der Waals surface area contributed by atoms with Gasteiger partial charge in [0.25, 0.3) is 0 Å². The largest absolute Gasteiger partial charge is 0.508 e. The number of phenols is 1. The smallest absolute Gasteiger partial charge is 0.226 e. The van der Waals surface area contributed by atoms with Gasteiger partial charge in [0.15, 0.2) is 5.13 Å². The molecule has 1 heterocycles. The Labute approximate surface area is 149 Å². The van der Waals surface area contributed by atoms with Crippen LogP contribution in [0.2, 0.25) is 0 Å². The van der Waals surface area contributed by atoms with Crippen LogP contribution in [0.1, 0.15) is 22.4 Å². The monoisotopic (exact) mass is 356 g/mol. The second-order valence-electron chi connectivity index (χ2n) is 5.61. The van der Waals surface area contributed by atoms with Gasteiger partial charge in [0.2, 0.25) is 5.91 Å². The molecule has 6 heteroatoms. The van der Waals surface area contributed by atoms with E-state index < -0.39 is 0 Å². The number of para-hydroxylation sites is 1. The van der Waals surface area contributed by atoms with Gasteiger partial charge in [0, 0.05) is 23.9 Å². The Balaban J connectivity index is 1.53. The van der Waals surface area contributed by atoms with E-state index in [0.717, 1.165) is 16.0 Å². The molecule has 2 aromatic carbocycles. The maximum absolute atomic E-state index is 12.9. The van der Waals surface area contributed by atoms with E-state index in [9.17, 15) is 14.3 Å². The Morgan fingerprint density at radius 3 is 2.68 bits per heavy atom. The topological polar surface area (TPSA) is 62.2 Å². The Morgan fingerprint density at radius 1 is 1.16 bits per heavy atom. The maximum Gasteiger partial charge on any atom is 0.226 e. The average molecular weight is 356 g/mol. The van der Waals surface area contributed by atoms with Crippen LogP contribution in [0.3, 0.4) is 0 Å². The van der Waals surface area contributed by atoms with E-state index in [1.807, 2.05) is 6.07 Å². The number of carbonyl (C=O) groups excluding carboxylic acids is 1. The number of aromatic nitrogens is 1. The van der Waals surface area contributed by atoms with Gasteiger partial charge < -0.3 is 10.4 Å². The van der Waals surface area contributed by atoms with E-state index in [4.69, 9.17) is 0 Å². The molecule has 0 spiro atoms. The number of halogens is 1. The van der Waals surface area contributed by atoms with Gasteiger partial charge in [0.1, 0.15) is 11.6 Å². The fourth-order valence-electron chi connectivity index (χ4n) is 2.40. The summed E-state index contributed by atoms with van der Waals surface area (Å²) >= 11 is 1.40. The number of thiazole rings is 1. The van der Waals surface area contributed by atoms with Crippen molar-refractivity contribution in [1.29, 1.82) is 0 Å². The lowest BCUT2D eigenvalue weighted by atomic mass is 10.1. The summed E-state index contributed by atoms with van der Waals surface area (Å²) in [7, 11) is 0. The molecule has 0 fully saturated rings. The van der Waals surface area contributed by atoms with Crippen LogP contribution in [-0.4, -0.2) is 16.0 Å². The highest BCUT2D eigenvalue weighted by Gasteiger charge is 2.09. The number of anilines is 1. The number of nitrogens with one attached hydrogen (secondary N) is 1. The maximum atomic E-state index is 12.9. The van der Waals surface area contributed by atoms with Crippen molar-refractivity contribution in [2.45, 2.75) is 19.3 Å². The molecule has 4 nitrogen and oxygen atoms in total. The zero-order valence-corrected chi connectivity index (χ0v) is 14.2. The highest BCUT2D eigenvalue weighted by atomic mass is 32.1. The summed E-state index contributed by atoms with van der Waals surface area (Å²) in [5.74, 6) is -0.206. The van der Waals surface area contributed by atoms with E-state index in [1.165, 1.54) is 23.5 Å². The number of phenolic OH excluding ortho intramolecular Hbond substituents is 1. The highest BCUT2D eigenvalue weighted by molar-refractivity contribution is 7.15. The van der Waals surface area contributed by atoms with Crippen LogP contribution in [0.15, 0.2) is 54.7 Å². The molecular formula is C19H17FN2O2S. The summed E-state index contributed by atoms with van der Waals surface area (Å²) < 4.78 is 12.9. The SMILES string of the molecule is O=C(CCc1ccccc1O)Nc1ncc(Cc2ccc(F)cc2)s1. The third-order valence-corrected chi connectivity index (χ3v) is 4.62. The van der Waals surface area contributed by atoms with Crippen LogP contribution < -0.4 is 5.32 Å². The third kappa shape index (κ3) is 4.87. The van der Waals surface area contributed by atoms with Crippen LogP contribution in [-0.2, 0) is 17.6 Å². The van der Waals surface area contributed by atoms with Crippen molar-refractivity contribution in [1.82, 2.24) is 4.98 Å². The minimum absolute atomic E-state index is 0.147. The van der Waals surface area contributed by atoms with Crippen molar-refractivity contribution in [3.8, 4) is 5.75 Å². The van der Waals surface area contributed by atoms with Crippen molar-refractivity contribution >= 4 is 22.4 Å². The van der Waals surface area contributed by atoms with Crippen LogP contribution in [0.4, 0.5) is 9.52 Å². The summed E-state index contributed by atoms with van der Waals surface area (Å²) in [6, 6.07) is 13.3. The summed E-state index contributed by atoms with van der Waals surface area (Å²) in [5, 5.41) is 13.0. The highest BCUT2D eigenvalue weighted by Crippen LogP contribution is 2.22. The molecule has 3 rings (SSSR count). The van der Waals surface area contributed by atoms with Gasteiger partial charge in [0.05, 0.1) is 0 Å². The normalized spacial score (nSPS) is 10.6. The summed E-state index contributed by atoms with van der Waals surface area (Å²) in [4.78, 5) is 17.2. The lowest BCUT2D eigenvalue weighted by molar-refractivity contribution is -0.116. The molecule has 1 aromatic heterocycles. The third-order valence-electron chi connectivity index (χ3n) is 3.70. The van der Waals surface area contributed by atoms with Crippen molar-refractivity contribution in [3.63, 3.8) is 0 Å². The first-order valence-corrected chi connectivity index (χ1v) is 8.67. The second kappa shape index (κ2) is 7.90. The number of aromatic hydroxyl groups is 1. The first kappa shape index (κ1) is 17.1. The molecule has 128 valence electrons. The Hall–Kier alpha value is -2.73. The lowest BCUT2D eigenvalue weighted by Gasteiger charge is -2.04. The molecule has 0 saturated carbocycles. The fourth-order valence-corrected chi connectivity index (χ4v) is 3.27. The number of benzene rings is 2. The summed E-state index contributed by atoms with van der Waals surface area (Å²) in [5.41, 5.74) is 1.73. The molecule has 0 aliphatic heterocycles. The second-order valence-corrected chi connectivity index (χ2v) is 6.73. The van der Waals surface area contributed by atoms with Crippen LogP contribution in [0.5, 0.6) is 5.75 Å². The van der Waals surface area contributed by atoms with Crippen molar-refractivity contribution in [2.75, 3.05) is 5.32 Å². The van der Waals surface area contributed by atoms with Crippen molar-refractivity contribution in [3.05, 3.63) is 76.5 Å². The quantitative estimate of drug-likeness (QED) is 0.697. The molecule has 3 aromatic rings. The predicted molar refractivity (Wildman–Crippen MR) is 96.4 cm³/mol. The van der Waals surface area contributed by atoms with E-state index in [0.29, 0.717) is 18.0 Å². The molecule has 0 bridgehead atoms. The van der Waals surface area contributed by atoms with E-state index in [1.54, 1.807) is 36.5 Å². The van der Waals surface area contributed by atoms with Gasteiger partial charge in [-0.25, -0.2) is 9.37 Å². The predicted octanol–water partition coefficient (Wildman–Crippen LogP) is 4.15. The van der Waals surface area contributed by atoms with Gasteiger partial charge in [-0.1, -0.05) is 30.3 Å². The molecule has 2 N–H and O–H groups in total. The van der Waals surface area contributed by atoms with Crippen LogP contribution in [0.25, 0.3) is 0 Å². The molecule has 0 radical (unpaired) electrons. The average Bonchev–Trinajstić information content (AvgIpc) is 3.03. The number of rotatable bonds is 6. The van der Waals surface area contributed by atoms with E-state index in [-0.39, 0.29) is 23.9 Å². The Bertz CT molecular complexity index is 862. The van der Waals surface area contributed by atoms with Crippen molar-refractivity contribution < 1.29 is 14.3 Å². The Morgan fingerprint density at radius 2 is 1.92 bits per heavy atom. The minimum Gasteiger partial charge on any atom is -0.508 e. The van der Waals surface area contributed by atoms with Crippen molar-refractivity contribution in [2.24, 2.45) is 0 Å². The number of nitrogens with zero attached hydrogens (tertiary/aromatic N) is 1. The zero-order valence-electron chi connectivity index (χ0n) is 13.4. The molecular weight excluding hydrogens is 339 g/mol. The number of aryl methyl sites for hydroxylation is 1. The summed E-state index contributed by atoms with van der Waals surface area (Å²) in [6.45, 7) is 0. The number of hydrogen-bond donors (Lipinski definition) is 2. The van der Waals surface area contributed by atoms with Gasteiger partial charge >= 0.3 is 0 Å². The molecule has 0 aliphatic rings. The van der Waals surface area contributed by atoms with Gasteiger partial charge in [-0.15, -0.1) is 11.3 Å². The van der Waals surface area contributed by atoms with Crippen LogP contribution >= 0.6 is 11.3 Å². The number of hydrogen-bond acceptors (Lipinski definition) is 4. The van der Waals surface area contributed by atoms with Gasteiger partial charge in [-0.2, -0.15) is 0 Å². The fraction of sp³-hybridized carbons (Fsp3) is 0.158. The first-order valence-electron chi connectivity index (χ1n) is 7.86. The zero-order chi connectivity index (χ0) is 17.6. The molecule has 0 atom stereocenters. The standard InChI is InChI=1S/C19H17FN2O2S/c20-15-8-5-13(6-9-15)11-16-12-21-19(25-16)22-18(24)10-7-14-3-1-2-4-17(14)23/h1-6,8-9,12,23H,7,10-11H2,(H,21,22,24). The molecule has 0 saturated heterocycles. The first-order chi connectivity index (χ1) is 12.1. The minimum atomic E-state index is -0.259. The molecule has 1 amide bonds. The number of carbonyl (C=O) groups is 1. The van der Waals surface area contributed by atoms with E-state index >= 15 is 0 Å². The molecule has 0 unspecified atom stereocenters. The van der Waals surface area contributed by atoms with Gasteiger partial charge in [-0.3, -0.25) is 4.79 Å². The van der Waals surface area contributed by atoms with Crippen LogP contribution in [0, 0.1) is 5.82 Å². The lowest BCUT2D eigenvalue weighted by Crippen LogP contribution is -2.12. The summed E-state index contributed by atoms with van der Waals surface area (Å²) in [6.07, 6.45) is 3.09. The molecule has 25 heavy (non-hydrogen) atoms. The Kier molecular flexibility index (Phi) is 5.40.